The van der Waals surface area contributed by atoms with E-state index in [0.717, 1.165) is 31.9 Å². The first-order chi connectivity index (χ1) is 11.1. The summed E-state index contributed by atoms with van der Waals surface area (Å²) < 4.78 is 0. The van der Waals surface area contributed by atoms with Gasteiger partial charge >= 0.3 is 0 Å². The van der Waals surface area contributed by atoms with Gasteiger partial charge in [-0.2, -0.15) is 5.10 Å². The lowest BCUT2D eigenvalue weighted by Gasteiger charge is -2.41. The quantitative estimate of drug-likeness (QED) is 0.928. The Morgan fingerprint density at radius 2 is 2.26 bits per heavy atom. The van der Waals surface area contributed by atoms with Crippen LogP contribution in [-0.4, -0.2) is 45.8 Å². The maximum Gasteiger partial charge on any atom is 0.285 e. The van der Waals surface area contributed by atoms with E-state index in [4.69, 9.17) is 11.6 Å². The number of anilines is 1. The molecule has 3 rings (SSSR count). The second kappa shape index (κ2) is 6.68. The van der Waals surface area contributed by atoms with Gasteiger partial charge in [0, 0.05) is 44.1 Å². The van der Waals surface area contributed by atoms with Crippen LogP contribution in [0.4, 0.5) is 5.69 Å². The molecule has 1 N–H and O–H groups in total. The minimum atomic E-state index is -0.343. The molecule has 7 heteroatoms. The number of H-pyrrole nitrogens is 1. The third-order valence-electron chi connectivity index (χ3n) is 4.31. The minimum Gasteiger partial charge on any atom is -0.364 e. The van der Waals surface area contributed by atoms with Crippen molar-refractivity contribution >= 4 is 17.3 Å². The van der Waals surface area contributed by atoms with E-state index < -0.39 is 0 Å². The summed E-state index contributed by atoms with van der Waals surface area (Å²) in [5.41, 5.74) is 2.69. The van der Waals surface area contributed by atoms with E-state index in [0.29, 0.717) is 5.69 Å². The predicted octanol–water partition coefficient (Wildman–Crippen LogP) is 1.84. The van der Waals surface area contributed by atoms with E-state index in [9.17, 15) is 4.79 Å². The number of rotatable bonds is 3. The highest BCUT2D eigenvalue weighted by Gasteiger charge is 2.26. The summed E-state index contributed by atoms with van der Waals surface area (Å²) in [6.07, 6.45) is 3.45. The van der Waals surface area contributed by atoms with E-state index in [2.05, 4.69) is 38.0 Å². The summed E-state index contributed by atoms with van der Waals surface area (Å²) in [5.74, 6) is 0. The van der Waals surface area contributed by atoms with Gasteiger partial charge in [0.2, 0.25) is 0 Å². The molecule has 23 heavy (non-hydrogen) atoms. The number of aromatic nitrogens is 3. The van der Waals surface area contributed by atoms with Crippen molar-refractivity contribution < 1.29 is 0 Å². The van der Waals surface area contributed by atoms with Crippen LogP contribution in [0, 0.1) is 6.92 Å². The maximum atomic E-state index is 11.6. The molecule has 1 atom stereocenters. The normalized spacial score (nSPS) is 19.1. The van der Waals surface area contributed by atoms with Gasteiger partial charge in [0.15, 0.2) is 0 Å². The summed E-state index contributed by atoms with van der Waals surface area (Å²) in [7, 11) is 0. The summed E-state index contributed by atoms with van der Waals surface area (Å²) >= 11 is 6.13. The molecular formula is C16H20ClN5O. The number of pyridine rings is 1. The Kier molecular flexibility index (Phi) is 4.63. The molecule has 1 saturated heterocycles. The Balaban J connectivity index is 1.71. The Morgan fingerprint density at radius 1 is 1.43 bits per heavy atom. The van der Waals surface area contributed by atoms with Gasteiger partial charge in [-0.15, -0.1) is 0 Å². The molecule has 122 valence electrons. The summed E-state index contributed by atoms with van der Waals surface area (Å²) in [5, 5.41) is 6.44. The Morgan fingerprint density at radius 3 is 3.00 bits per heavy atom. The lowest BCUT2D eigenvalue weighted by Crippen LogP contribution is -2.52. The van der Waals surface area contributed by atoms with Crippen LogP contribution in [-0.2, 0) is 6.54 Å². The number of hydrogen-bond acceptors (Lipinski definition) is 5. The standard InChI is InChI=1S/C16H20ClN5O/c1-11-9-21(10-13-4-3-5-18-12(13)2)6-7-22(11)14-8-19-20-16(23)15(14)17/h3-5,8,11H,6-7,9-10H2,1-2H3,(H,20,23)/t11-/m1/s1. The van der Waals surface area contributed by atoms with Gasteiger partial charge in [-0.3, -0.25) is 14.7 Å². The largest absolute Gasteiger partial charge is 0.364 e. The van der Waals surface area contributed by atoms with Gasteiger partial charge in [0.05, 0.1) is 11.9 Å². The Hall–Kier alpha value is -1.92. The van der Waals surface area contributed by atoms with Crippen molar-refractivity contribution in [3.63, 3.8) is 0 Å². The lowest BCUT2D eigenvalue weighted by molar-refractivity contribution is 0.220. The maximum absolute atomic E-state index is 11.6. The fraction of sp³-hybridized carbons (Fsp3) is 0.438. The van der Waals surface area contributed by atoms with Crippen molar-refractivity contribution in [2.45, 2.75) is 26.4 Å². The molecule has 2 aromatic rings. The molecule has 0 amide bonds. The summed E-state index contributed by atoms with van der Waals surface area (Å²) in [6.45, 7) is 7.68. The van der Waals surface area contributed by atoms with Crippen LogP contribution in [0.25, 0.3) is 0 Å². The number of nitrogens with one attached hydrogen (secondary N) is 1. The third kappa shape index (κ3) is 3.38. The van der Waals surface area contributed by atoms with E-state index in [1.165, 1.54) is 5.56 Å². The Labute approximate surface area is 140 Å². The second-order valence-electron chi connectivity index (χ2n) is 5.92. The molecule has 0 radical (unpaired) electrons. The van der Waals surface area contributed by atoms with Crippen LogP contribution < -0.4 is 10.5 Å². The van der Waals surface area contributed by atoms with Crippen molar-refractivity contribution in [2.24, 2.45) is 0 Å². The molecule has 0 aromatic carbocycles. The van der Waals surface area contributed by atoms with Crippen molar-refractivity contribution in [3.8, 4) is 0 Å². The molecule has 0 bridgehead atoms. The smallest absolute Gasteiger partial charge is 0.285 e. The highest BCUT2D eigenvalue weighted by atomic mass is 35.5. The lowest BCUT2D eigenvalue weighted by atomic mass is 10.1. The van der Waals surface area contributed by atoms with Gasteiger partial charge in [-0.05, 0) is 25.5 Å². The fourth-order valence-electron chi connectivity index (χ4n) is 3.03. The second-order valence-corrected chi connectivity index (χ2v) is 6.30. The van der Waals surface area contributed by atoms with Gasteiger partial charge < -0.3 is 4.90 Å². The fourth-order valence-corrected chi connectivity index (χ4v) is 3.23. The summed E-state index contributed by atoms with van der Waals surface area (Å²) in [6, 6.07) is 4.35. The SMILES string of the molecule is Cc1ncccc1CN1CCN(c2cn[nH]c(=O)c2Cl)[C@H](C)C1. The topological polar surface area (TPSA) is 65.1 Å². The molecular weight excluding hydrogens is 314 g/mol. The number of halogens is 1. The first kappa shape index (κ1) is 16.0. The molecule has 3 heterocycles. The number of aryl methyl sites for hydroxylation is 1. The molecule has 0 unspecified atom stereocenters. The molecule has 2 aromatic heterocycles. The first-order valence-electron chi connectivity index (χ1n) is 7.69. The van der Waals surface area contributed by atoms with Crippen molar-refractivity contribution in [2.75, 3.05) is 24.5 Å². The van der Waals surface area contributed by atoms with Crippen LogP contribution in [0.5, 0.6) is 0 Å². The van der Waals surface area contributed by atoms with Crippen LogP contribution in [0.15, 0.2) is 29.3 Å². The zero-order valence-electron chi connectivity index (χ0n) is 13.3. The van der Waals surface area contributed by atoms with E-state index in [1.807, 2.05) is 19.2 Å². The van der Waals surface area contributed by atoms with E-state index in [1.54, 1.807) is 6.20 Å². The number of aromatic amines is 1. The molecule has 0 saturated carbocycles. The molecule has 0 spiro atoms. The zero-order chi connectivity index (χ0) is 16.4. The number of piperazine rings is 1. The van der Waals surface area contributed by atoms with Gasteiger partial charge in [0.1, 0.15) is 5.02 Å². The van der Waals surface area contributed by atoms with Gasteiger partial charge in [-0.1, -0.05) is 17.7 Å². The van der Waals surface area contributed by atoms with E-state index in [-0.39, 0.29) is 16.6 Å². The zero-order valence-corrected chi connectivity index (χ0v) is 14.0. The summed E-state index contributed by atoms with van der Waals surface area (Å²) in [4.78, 5) is 20.5. The molecule has 1 fully saturated rings. The average molecular weight is 334 g/mol. The predicted molar refractivity (Wildman–Crippen MR) is 90.9 cm³/mol. The molecule has 0 aliphatic carbocycles. The highest BCUT2D eigenvalue weighted by Crippen LogP contribution is 2.25. The minimum absolute atomic E-state index is 0.211. The van der Waals surface area contributed by atoms with Crippen molar-refractivity contribution in [1.82, 2.24) is 20.1 Å². The van der Waals surface area contributed by atoms with Crippen LogP contribution in [0.3, 0.4) is 0 Å². The van der Waals surface area contributed by atoms with Crippen molar-refractivity contribution in [3.05, 3.63) is 51.2 Å². The third-order valence-corrected chi connectivity index (χ3v) is 4.67. The molecule has 1 aliphatic rings. The molecule has 6 nitrogen and oxygen atoms in total. The number of hydrogen-bond donors (Lipinski definition) is 1. The van der Waals surface area contributed by atoms with Crippen LogP contribution in [0.1, 0.15) is 18.2 Å². The van der Waals surface area contributed by atoms with Crippen molar-refractivity contribution in [1.29, 1.82) is 0 Å². The highest BCUT2D eigenvalue weighted by molar-refractivity contribution is 6.33. The van der Waals surface area contributed by atoms with Crippen LogP contribution in [0.2, 0.25) is 5.02 Å². The monoisotopic (exact) mass is 333 g/mol. The first-order valence-corrected chi connectivity index (χ1v) is 8.06. The number of nitrogens with zero attached hydrogens (tertiary/aromatic N) is 4. The van der Waals surface area contributed by atoms with Gasteiger partial charge in [-0.25, -0.2) is 5.10 Å². The Bertz CT molecular complexity index is 747. The average Bonchev–Trinajstić information content (AvgIpc) is 2.53. The van der Waals surface area contributed by atoms with Gasteiger partial charge in [0.25, 0.3) is 5.56 Å². The van der Waals surface area contributed by atoms with Crippen LogP contribution >= 0.6 is 11.6 Å². The van der Waals surface area contributed by atoms with E-state index >= 15 is 0 Å². The molecule has 1 aliphatic heterocycles.